The Morgan fingerprint density at radius 2 is 1.85 bits per heavy atom. The highest BCUT2D eigenvalue weighted by Crippen LogP contribution is 2.36. The molecule has 0 bridgehead atoms. The molecule has 1 saturated heterocycles. The van der Waals surface area contributed by atoms with Crippen molar-refractivity contribution in [1.82, 2.24) is 4.98 Å². The van der Waals surface area contributed by atoms with Crippen molar-refractivity contribution in [1.29, 1.82) is 0 Å². The van der Waals surface area contributed by atoms with Crippen LogP contribution in [-0.2, 0) is 9.31 Å². The highest BCUT2D eigenvalue weighted by Gasteiger charge is 2.52. The maximum Gasteiger partial charge on any atom is 0.496 e. The van der Waals surface area contributed by atoms with Crippen LogP contribution in [0.3, 0.4) is 0 Å². The van der Waals surface area contributed by atoms with Crippen LogP contribution in [-0.4, -0.2) is 41.5 Å². The van der Waals surface area contributed by atoms with Crippen molar-refractivity contribution >= 4 is 18.6 Å². The smallest absolute Gasteiger partial charge is 0.494 e. The van der Waals surface area contributed by atoms with Gasteiger partial charge < -0.3 is 19.2 Å². The van der Waals surface area contributed by atoms with Crippen LogP contribution >= 0.6 is 0 Å². The van der Waals surface area contributed by atoms with E-state index < -0.39 is 24.3 Å². The molecule has 0 atom stereocenters. The molecule has 0 amide bonds. The summed E-state index contributed by atoms with van der Waals surface area (Å²) in [7, 11) is 0.807. The van der Waals surface area contributed by atoms with Gasteiger partial charge in [0.05, 0.1) is 18.3 Å². The normalized spacial score (nSPS) is 19.9. The van der Waals surface area contributed by atoms with E-state index in [-0.39, 0.29) is 11.4 Å². The quantitative estimate of drug-likeness (QED) is 0.834. The van der Waals surface area contributed by atoms with Crippen LogP contribution in [0.5, 0.6) is 5.75 Å². The fraction of sp³-hybridized carbons (Fsp3) is 0.538. The number of aromatic carboxylic acids is 1. The van der Waals surface area contributed by atoms with Gasteiger partial charge in [-0.05, 0) is 33.8 Å². The summed E-state index contributed by atoms with van der Waals surface area (Å²) in [6.07, 6.45) is 1.44. The Balaban J connectivity index is 2.34. The summed E-state index contributed by atoms with van der Waals surface area (Å²) in [4.78, 5) is 14.9. The van der Waals surface area contributed by atoms with Crippen LogP contribution in [0.4, 0.5) is 0 Å². The van der Waals surface area contributed by atoms with Crippen molar-refractivity contribution in [3.8, 4) is 5.75 Å². The van der Waals surface area contributed by atoms with E-state index in [1.807, 2.05) is 27.7 Å². The van der Waals surface area contributed by atoms with Crippen LogP contribution in [0.25, 0.3) is 0 Å². The van der Waals surface area contributed by atoms with E-state index in [2.05, 4.69) is 4.98 Å². The minimum Gasteiger partial charge on any atom is -0.494 e. The Morgan fingerprint density at radius 1 is 1.30 bits per heavy atom. The third-order valence-electron chi connectivity index (χ3n) is 3.82. The molecule has 1 N–H and O–H groups in total. The number of nitrogens with zero attached hydrogens (tertiary/aromatic N) is 1. The van der Waals surface area contributed by atoms with Crippen molar-refractivity contribution in [3.63, 3.8) is 0 Å². The first-order valence-corrected chi connectivity index (χ1v) is 6.31. The summed E-state index contributed by atoms with van der Waals surface area (Å²) in [6, 6.07) is 1.58. The molecule has 0 aromatic carbocycles. The number of ether oxygens (including phenoxy) is 1. The number of pyridine rings is 1. The molecule has 6 nitrogen and oxygen atoms in total. The molecule has 1 aliphatic heterocycles. The van der Waals surface area contributed by atoms with Gasteiger partial charge in [-0.15, -0.1) is 0 Å². The minimum absolute atomic E-state index is 0.132. The molecule has 0 radical (unpaired) electrons. The molecular weight excluding hydrogens is 261 g/mol. The van der Waals surface area contributed by atoms with Gasteiger partial charge in [0.15, 0.2) is 11.4 Å². The zero-order valence-corrected chi connectivity index (χ0v) is 12.3. The molecule has 0 unspecified atom stereocenters. The highest BCUT2D eigenvalue weighted by atomic mass is 16.7. The van der Waals surface area contributed by atoms with Crippen LogP contribution in [0.15, 0.2) is 12.3 Å². The predicted octanol–water partition coefficient (Wildman–Crippen LogP) is 1.09. The first-order valence-electron chi connectivity index (χ1n) is 6.31. The SMILES string of the molecule is COc1cc(B2OC(C)(C)C(C)(C)O2)cnc1C(=O)O. The van der Waals surface area contributed by atoms with E-state index in [4.69, 9.17) is 19.2 Å². The molecule has 1 aromatic heterocycles. The predicted molar refractivity (Wildman–Crippen MR) is 73.5 cm³/mol. The fourth-order valence-electron chi connectivity index (χ4n) is 1.88. The van der Waals surface area contributed by atoms with Crippen LogP contribution < -0.4 is 10.2 Å². The molecule has 2 heterocycles. The van der Waals surface area contributed by atoms with Gasteiger partial charge in [-0.2, -0.15) is 0 Å². The van der Waals surface area contributed by atoms with Gasteiger partial charge in [0.1, 0.15) is 0 Å². The van der Waals surface area contributed by atoms with Crippen molar-refractivity contribution in [2.24, 2.45) is 0 Å². The second kappa shape index (κ2) is 4.75. The second-order valence-electron chi connectivity index (χ2n) is 5.71. The van der Waals surface area contributed by atoms with E-state index in [1.165, 1.54) is 13.3 Å². The first kappa shape index (κ1) is 14.8. The van der Waals surface area contributed by atoms with E-state index in [1.54, 1.807) is 6.07 Å². The maximum atomic E-state index is 11.0. The van der Waals surface area contributed by atoms with E-state index in [0.717, 1.165) is 0 Å². The summed E-state index contributed by atoms with van der Waals surface area (Å²) in [5, 5.41) is 9.01. The van der Waals surface area contributed by atoms with Gasteiger partial charge in [-0.25, -0.2) is 9.78 Å². The zero-order valence-electron chi connectivity index (χ0n) is 12.3. The number of carboxylic acid groups (broad SMARTS) is 1. The molecule has 0 saturated carbocycles. The Labute approximate surface area is 118 Å². The molecule has 0 spiro atoms. The number of hydrogen-bond donors (Lipinski definition) is 1. The highest BCUT2D eigenvalue weighted by molar-refractivity contribution is 6.62. The lowest BCUT2D eigenvalue weighted by atomic mass is 9.80. The van der Waals surface area contributed by atoms with Crippen molar-refractivity contribution in [2.45, 2.75) is 38.9 Å². The van der Waals surface area contributed by atoms with Crippen LogP contribution in [0.2, 0.25) is 0 Å². The van der Waals surface area contributed by atoms with Gasteiger partial charge in [0.25, 0.3) is 0 Å². The number of rotatable bonds is 3. The Hall–Kier alpha value is -1.60. The van der Waals surface area contributed by atoms with Gasteiger partial charge in [0.2, 0.25) is 0 Å². The lowest BCUT2D eigenvalue weighted by Gasteiger charge is -2.32. The number of hydrogen-bond acceptors (Lipinski definition) is 5. The topological polar surface area (TPSA) is 77.9 Å². The fourth-order valence-corrected chi connectivity index (χ4v) is 1.88. The monoisotopic (exact) mass is 279 g/mol. The number of methoxy groups -OCH3 is 1. The summed E-state index contributed by atoms with van der Waals surface area (Å²) in [5.74, 6) is -0.952. The van der Waals surface area contributed by atoms with Gasteiger partial charge in [-0.3, -0.25) is 0 Å². The van der Waals surface area contributed by atoms with Crippen molar-refractivity contribution in [2.75, 3.05) is 7.11 Å². The number of carboxylic acids is 1. The molecule has 108 valence electrons. The van der Waals surface area contributed by atoms with E-state index in [0.29, 0.717) is 5.46 Å². The molecule has 2 rings (SSSR count). The molecule has 1 aliphatic rings. The number of aromatic nitrogens is 1. The maximum absolute atomic E-state index is 11.0. The lowest BCUT2D eigenvalue weighted by molar-refractivity contribution is 0.00578. The summed E-state index contributed by atoms with van der Waals surface area (Å²) in [5.41, 5.74) is -0.425. The molecule has 1 aromatic rings. The average molecular weight is 279 g/mol. The Morgan fingerprint density at radius 3 is 2.30 bits per heavy atom. The third kappa shape index (κ3) is 2.38. The van der Waals surface area contributed by atoms with Crippen molar-refractivity contribution in [3.05, 3.63) is 18.0 Å². The molecule has 7 heteroatoms. The average Bonchev–Trinajstić information content (AvgIpc) is 2.57. The van der Waals surface area contributed by atoms with E-state index >= 15 is 0 Å². The second-order valence-corrected chi connectivity index (χ2v) is 5.71. The lowest BCUT2D eigenvalue weighted by Crippen LogP contribution is -2.41. The Kier molecular flexibility index (Phi) is 3.52. The van der Waals surface area contributed by atoms with Gasteiger partial charge in [-0.1, -0.05) is 0 Å². The van der Waals surface area contributed by atoms with Gasteiger partial charge in [0, 0.05) is 11.7 Å². The van der Waals surface area contributed by atoms with Crippen molar-refractivity contribution < 1.29 is 23.9 Å². The summed E-state index contributed by atoms with van der Waals surface area (Å²) >= 11 is 0. The number of carbonyl (C=O) groups is 1. The molecule has 20 heavy (non-hydrogen) atoms. The summed E-state index contributed by atoms with van der Waals surface area (Å²) < 4.78 is 16.8. The first-order chi connectivity index (χ1) is 9.18. The summed E-state index contributed by atoms with van der Waals surface area (Å²) in [6.45, 7) is 7.79. The zero-order chi connectivity index (χ0) is 15.1. The standard InChI is InChI=1S/C13H18BNO5/c1-12(2)13(3,4)20-14(19-12)8-6-9(18-5)10(11(16)17)15-7-8/h6-7H,1-5H3,(H,16,17). The van der Waals surface area contributed by atoms with E-state index in [9.17, 15) is 4.79 Å². The molecule has 0 aliphatic carbocycles. The van der Waals surface area contributed by atoms with Crippen LogP contribution in [0, 0.1) is 0 Å². The van der Waals surface area contributed by atoms with Gasteiger partial charge >= 0.3 is 13.1 Å². The largest absolute Gasteiger partial charge is 0.496 e. The molecular formula is C13H18BNO5. The Bertz CT molecular complexity index is 528. The minimum atomic E-state index is -1.14. The van der Waals surface area contributed by atoms with Crippen LogP contribution in [0.1, 0.15) is 38.2 Å². The third-order valence-corrected chi connectivity index (χ3v) is 3.82. The molecule has 1 fully saturated rings.